The lowest BCUT2D eigenvalue weighted by atomic mass is 9.97. The maximum absolute atomic E-state index is 6.66. The first-order valence-corrected chi connectivity index (χ1v) is 7.57. The van der Waals surface area contributed by atoms with Crippen LogP contribution in [-0.4, -0.2) is 14.2 Å². The van der Waals surface area contributed by atoms with Gasteiger partial charge in [-0.05, 0) is 29.2 Å². The van der Waals surface area contributed by atoms with E-state index in [0.717, 1.165) is 17.5 Å². The number of hydrogen-bond donors (Lipinski definition) is 0. The Bertz CT molecular complexity index is 626. The molecule has 0 aliphatic rings. The lowest BCUT2D eigenvalue weighted by molar-refractivity contribution is 0.354. The third kappa shape index (κ3) is 3.28. The van der Waals surface area contributed by atoms with Gasteiger partial charge in [-0.2, -0.15) is 0 Å². The Labute approximate surface area is 135 Å². The van der Waals surface area contributed by atoms with Gasteiger partial charge in [-0.3, -0.25) is 0 Å². The summed E-state index contributed by atoms with van der Waals surface area (Å²) in [5.41, 5.74) is 3.09. The zero-order valence-electron chi connectivity index (χ0n) is 12.3. The Morgan fingerprint density at radius 2 is 1.62 bits per heavy atom. The first-order chi connectivity index (χ1) is 10.1. The molecule has 2 nitrogen and oxygen atoms in total. The molecule has 1 unspecified atom stereocenters. The van der Waals surface area contributed by atoms with Crippen molar-refractivity contribution in [2.75, 3.05) is 14.2 Å². The fourth-order valence-electron chi connectivity index (χ4n) is 2.34. The van der Waals surface area contributed by atoms with Gasteiger partial charge < -0.3 is 9.47 Å². The molecule has 0 aromatic heterocycles. The lowest BCUT2D eigenvalue weighted by Crippen LogP contribution is -2.01. The second-order valence-electron chi connectivity index (χ2n) is 4.64. The average Bonchev–Trinajstić information content (AvgIpc) is 2.53. The van der Waals surface area contributed by atoms with Crippen LogP contribution >= 0.6 is 23.2 Å². The smallest absolute Gasteiger partial charge is 0.162 e. The molecular weight excluding hydrogens is 307 g/mol. The standard InChI is InChI=1S/C17H18Cl2O2/c1-4-11-7-5-6-8-12(11)17(19)13-9-15(20-2)16(21-3)10-14(13)18/h5-10,17H,4H2,1-3H3. The van der Waals surface area contributed by atoms with E-state index in [4.69, 9.17) is 32.7 Å². The van der Waals surface area contributed by atoms with Gasteiger partial charge in [0.1, 0.15) is 0 Å². The van der Waals surface area contributed by atoms with Crippen LogP contribution < -0.4 is 9.47 Å². The van der Waals surface area contributed by atoms with Gasteiger partial charge in [-0.15, -0.1) is 11.6 Å². The highest BCUT2D eigenvalue weighted by Gasteiger charge is 2.19. The number of hydrogen-bond acceptors (Lipinski definition) is 2. The van der Waals surface area contributed by atoms with Crippen LogP contribution in [0.5, 0.6) is 11.5 Å². The van der Waals surface area contributed by atoms with Gasteiger partial charge in [0.15, 0.2) is 11.5 Å². The number of methoxy groups -OCH3 is 2. The molecule has 2 aromatic rings. The maximum Gasteiger partial charge on any atom is 0.162 e. The minimum Gasteiger partial charge on any atom is -0.493 e. The summed E-state index contributed by atoms with van der Waals surface area (Å²) in [6, 6.07) is 11.7. The Hall–Kier alpha value is -1.38. The summed E-state index contributed by atoms with van der Waals surface area (Å²) in [6.45, 7) is 2.11. The van der Waals surface area contributed by atoms with Crippen molar-refractivity contribution in [1.82, 2.24) is 0 Å². The van der Waals surface area contributed by atoms with E-state index in [2.05, 4.69) is 13.0 Å². The SMILES string of the molecule is CCc1ccccc1C(Cl)c1cc(OC)c(OC)cc1Cl. The molecule has 0 N–H and O–H groups in total. The average molecular weight is 325 g/mol. The number of ether oxygens (including phenoxy) is 2. The fraction of sp³-hybridized carbons (Fsp3) is 0.294. The van der Waals surface area contributed by atoms with Crippen LogP contribution in [0.2, 0.25) is 5.02 Å². The topological polar surface area (TPSA) is 18.5 Å². The third-order valence-electron chi connectivity index (χ3n) is 3.48. The van der Waals surface area contributed by atoms with E-state index in [1.807, 2.05) is 24.3 Å². The predicted octanol–water partition coefficient (Wildman–Crippen LogP) is 5.25. The largest absolute Gasteiger partial charge is 0.493 e. The highest BCUT2D eigenvalue weighted by Crippen LogP contribution is 2.41. The van der Waals surface area contributed by atoms with Crippen LogP contribution in [0.4, 0.5) is 0 Å². The van der Waals surface area contributed by atoms with Crippen LogP contribution in [0, 0.1) is 0 Å². The second-order valence-corrected chi connectivity index (χ2v) is 5.49. The number of alkyl halides is 1. The number of aryl methyl sites for hydroxylation is 1. The molecule has 2 rings (SSSR count). The van der Waals surface area contributed by atoms with Crippen LogP contribution in [0.3, 0.4) is 0 Å². The number of benzene rings is 2. The summed E-state index contributed by atoms with van der Waals surface area (Å²) in [6.07, 6.45) is 0.921. The minimum atomic E-state index is -0.326. The molecule has 0 radical (unpaired) electrons. The molecule has 0 fully saturated rings. The molecule has 1 atom stereocenters. The molecule has 21 heavy (non-hydrogen) atoms. The van der Waals surface area contributed by atoms with E-state index >= 15 is 0 Å². The molecule has 4 heteroatoms. The summed E-state index contributed by atoms with van der Waals surface area (Å²) >= 11 is 13.0. The van der Waals surface area contributed by atoms with Gasteiger partial charge in [0.25, 0.3) is 0 Å². The van der Waals surface area contributed by atoms with E-state index in [1.165, 1.54) is 5.56 Å². The van der Waals surface area contributed by atoms with Crippen molar-refractivity contribution in [3.63, 3.8) is 0 Å². The highest BCUT2D eigenvalue weighted by molar-refractivity contribution is 6.33. The number of halogens is 2. The van der Waals surface area contributed by atoms with Gasteiger partial charge in [-0.25, -0.2) is 0 Å². The zero-order chi connectivity index (χ0) is 15.4. The van der Waals surface area contributed by atoms with Crippen LogP contribution in [0.15, 0.2) is 36.4 Å². The fourth-order valence-corrected chi connectivity index (χ4v) is 3.05. The van der Waals surface area contributed by atoms with E-state index in [0.29, 0.717) is 16.5 Å². The summed E-state index contributed by atoms with van der Waals surface area (Å²) in [5.74, 6) is 1.22. The molecule has 2 aromatic carbocycles. The molecule has 112 valence electrons. The van der Waals surface area contributed by atoms with Crippen molar-refractivity contribution in [3.8, 4) is 11.5 Å². The van der Waals surface area contributed by atoms with Crippen molar-refractivity contribution in [2.24, 2.45) is 0 Å². The van der Waals surface area contributed by atoms with Gasteiger partial charge >= 0.3 is 0 Å². The van der Waals surface area contributed by atoms with E-state index < -0.39 is 0 Å². The molecule has 0 saturated carbocycles. The molecule has 0 aliphatic heterocycles. The monoisotopic (exact) mass is 324 g/mol. The highest BCUT2D eigenvalue weighted by atomic mass is 35.5. The summed E-state index contributed by atoms with van der Waals surface area (Å²) in [5, 5.41) is 0.243. The first-order valence-electron chi connectivity index (χ1n) is 6.75. The Morgan fingerprint density at radius 3 is 2.24 bits per heavy atom. The Balaban J connectivity index is 2.50. The van der Waals surface area contributed by atoms with E-state index in [-0.39, 0.29) is 5.38 Å². The molecule has 0 amide bonds. The zero-order valence-corrected chi connectivity index (χ0v) is 13.8. The Morgan fingerprint density at radius 1 is 1.00 bits per heavy atom. The van der Waals surface area contributed by atoms with Gasteiger partial charge in [-0.1, -0.05) is 42.8 Å². The molecule has 0 heterocycles. The van der Waals surface area contributed by atoms with Crippen molar-refractivity contribution in [2.45, 2.75) is 18.7 Å². The molecular formula is C17H18Cl2O2. The van der Waals surface area contributed by atoms with Gasteiger partial charge in [0.2, 0.25) is 0 Å². The van der Waals surface area contributed by atoms with E-state index in [1.54, 1.807) is 20.3 Å². The summed E-state index contributed by atoms with van der Waals surface area (Å²) in [7, 11) is 3.18. The minimum absolute atomic E-state index is 0.326. The van der Waals surface area contributed by atoms with Crippen molar-refractivity contribution >= 4 is 23.2 Å². The van der Waals surface area contributed by atoms with Crippen molar-refractivity contribution in [3.05, 3.63) is 58.1 Å². The normalized spacial score (nSPS) is 12.0. The number of rotatable bonds is 5. The Kier molecular flexibility index (Phi) is 5.38. The van der Waals surface area contributed by atoms with Crippen LogP contribution in [-0.2, 0) is 6.42 Å². The molecule has 0 bridgehead atoms. The molecule has 0 aliphatic carbocycles. The second kappa shape index (κ2) is 7.06. The first kappa shape index (κ1) is 16.0. The quantitative estimate of drug-likeness (QED) is 0.699. The van der Waals surface area contributed by atoms with Gasteiger partial charge in [0.05, 0.1) is 19.6 Å². The summed E-state index contributed by atoms with van der Waals surface area (Å²) in [4.78, 5) is 0. The summed E-state index contributed by atoms with van der Waals surface area (Å²) < 4.78 is 10.6. The van der Waals surface area contributed by atoms with Crippen LogP contribution in [0.25, 0.3) is 0 Å². The maximum atomic E-state index is 6.66. The van der Waals surface area contributed by atoms with Gasteiger partial charge in [0, 0.05) is 11.1 Å². The third-order valence-corrected chi connectivity index (χ3v) is 4.28. The van der Waals surface area contributed by atoms with Crippen molar-refractivity contribution in [1.29, 1.82) is 0 Å². The lowest BCUT2D eigenvalue weighted by Gasteiger charge is -2.18. The van der Waals surface area contributed by atoms with Crippen molar-refractivity contribution < 1.29 is 9.47 Å². The van der Waals surface area contributed by atoms with E-state index in [9.17, 15) is 0 Å². The molecule has 0 spiro atoms. The predicted molar refractivity (Wildman–Crippen MR) is 88.1 cm³/mol. The van der Waals surface area contributed by atoms with Crippen LogP contribution in [0.1, 0.15) is 29.0 Å². The molecule has 0 saturated heterocycles.